The van der Waals surface area contributed by atoms with E-state index in [0.717, 1.165) is 33.0 Å². The molecule has 1 heterocycles. The molecule has 0 fully saturated rings. The number of anilines is 1. The van der Waals surface area contributed by atoms with Crippen LogP contribution in [0.1, 0.15) is 18.9 Å². The summed E-state index contributed by atoms with van der Waals surface area (Å²) >= 11 is 3.44. The van der Waals surface area contributed by atoms with Crippen LogP contribution in [-0.4, -0.2) is 22.1 Å². The molecule has 0 atom stereocenters. The normalized spacial score (nSPS) is 11.4. The van der Waals surface area contributed by atoms with E-state index in [-0.39, 0.29) is 12.4 Å². The van der Waals surface area contributed by atoms with Crippen LogP contribution >= 0.6 is 15.9 Å². The summed E-state index contributed by atoms with van der Waals surface area (Å²) in [5.74, 6) is -0.393. The summed E-state index contributed by atoms with van der Waals surface area (Å²) in [6.45, 7) is 4.71. The van der Waals surface area contributed by atoms with Crippen molar-refractivity contribution in [3.05, 3.63) is 52.5 Å². The highest BCUT2D eigenvalue weighted by Crippen LogP contribution is 2.40. The summed E-state index contributed by atoms with van der Waals surface area (Å²) in [7, 11) is 0. The molecule has 1 amide bonds. The van der Waals surface area contributed by atoms with Crippen LogP contribution in [0.5, 0.6) is 5.88 Å². The standard InChI is InChI=1S/C20H21BrN4O2/c1-3-9-25-17-8-7-14(21)11-16(17)19(20(25)27)24-23-18(26)12-22-15-6-4-5-13(2)10-15/h4-8,10-11,22,27H,3,9,12H2,1-2H3. The molecule has 3 rings (SSSR count). The van der Waals surface area contributed by atoms with Crippen molar-refractivity contribution in [2.45, 2.75) is 26.8 Å². The minimum atomic E-state index is -0.415. The number of aromatic nitrogens is 1. The van der Waals surface area contributed by atoms with Gasteiger partial charge in [0, 0.05) is 22.1 Å². The highest BCUT2D eigenvalue weighted by molar-refractivity contribution is 9.10. The van der Waals surface area contributed by atoms with E-state index in [0.29, 0.717) is 12.2 Å². The van der Waals surface area contributed by atoms with Gasteiger partial charge in [-0.15, -0.1) is 10.2 Å². The van der Waals surface area contributed by atoms with Gasteiger partial charge in [0.2, 0.25) is 5.88 Å². The van der Waals surface area contributed by atoms with Gasteiger partial charge in [0.1, 0.15) is 0 Å². The monoisotopic (exact) mass is 428 g/mol. The lowest BCUT2D eigenvalue weighted by Gasteiger charge is -2.04. The Labute approximate surface area is 166 Å². The maximum atomic E-state index is 12.1. The molecule has 27 heavy (non-hydrogen) atoms. The number of aryl methyl sites for hydroxylation is 2. The Morgan fingerprint density at radius 3 is 2.81 bits per heavy atom. The molecule has 0 aliphatic heterocycles. The maximum absolute atomic E-state index is 12.1. The number of aromatic hydroxyl groups is 1. The largest absolute Gasteiger partial charge is 0.493 e. The average molecular weight is 429 g/mol. The van der Waals surface area contributed by atoms with Crippen LogP contribution in [0.25, 0.3) is 10.9 Å². The zero-order valence-electron chi connectivity index (χ0n) is 15.2. The number of hydrogen-bond donors (Lipinski definition) is 2. The smallest absolute Gasteiger partial charge is 0.283 e. The molecule has 1 aromatic heterocycles. The number of hydrogen-bond acceptors (Lipinski definition) is 4. The number of amides is 1. The quantitative estimate of drug-likeness (QED) is 0.505. The van der Waals surface area contributed by atoms with Crippen LogP contribution in [0, 0.1) is 6.92 Å². The fraction of sp³-hybridized carbons (Fsp3) is 0.250. The first-order valence-electron chi connectivity index (χ1n) is 8.75. The van der Waals surface area contributed by atoms with Gasteiger partial charge in [-0.1, -0.05) is 35.0 Å². The van der Waals surface area contributed by atoms with Crippen molar-refractivity contribution in [2.24, 2.45) is 10.2 Å². The topological polar surface area (TPSA) is 79.0 Å². The lowest BCUT2D eigenvalue weighted by molar-refractivity contribution is -0.116. The van der Waals surface area contributed by atoms with Crippen molar-refractivity contribution in [1.82, 2.24) is 4.57 Å². The summed E-state index contributed by atoms with van der Waals surface area (Å²) < 4.78 is 2.65. The summed E-state index contributed by atoms with van der Waals surface area (Å²) in [6, 6.07) is 13.4. The summed E-state index contributed by atoms with van der Waals surface area (Å²) in [5.41, 5.74) is 3.12. The van der Waals surface area contributed by atoms with Gasteiger partial charge in [-0.05, 0) is 49.2 Å². The van der Waals surface area contributed by atoms with Crippen molar-refractivity contribution in [3.8, 4) is 5.88 Å². The van der Waals surface area contributed by atoms with Crippen molar-refractivity contribution in [1.29, 1.82) is 0 Å². The van der Waals surface area contributed by atoms with E-state index in [1.807, 2.05) is 56.3 Å². The fourth-order valence-electron chi connectivity index (χ4n) is 2.92. The molecule has 0 saturated carbocycles. The second-order valence-corrected chi connectivity index (χ2v) is 7.22. The molecule has 0 aliphatic rings. The van der Waals surface area contributed by atoms with Crippen LogP contribution in [0.2, 0.25) is 0 Å². The summed E-state index contributed by atoms with van der Waals surface area (Å²) in [5, 5.41) is 22.2. The van der Waals surface area contributed by atoms with Gasteiger partial charge in [0.05, 0.1) is 12.1 Å². The minimum absolute atomic E-state index is 0.0214. The van der Waals surface area contributed by atoms with E-state index in [1.165, 1.54) is 0 Å². The van der Waals surface area contributed by atoms with Gasteiger partial charge in [0.25, 0.3) is 5.91 Å². The van der Waals surface area contributed by atoms with Gasteiger partial charge in [0.15, 0.2) is 5.69 Å². The number of nitrogens with one attached hydrogen (secondary N) is 1. The molecule has 0 saturated heterocycles. The van der Waals surface area contributed by atoms with Gasteiger partial charge >= 0.3 is 0 Å². The molecular weight excluding hydrogens is 408 g/mol. The predicted molar refractivity (Wildman–Crippen MR) is 111 cm³/mol. The molecule has 2 N–H and O–H groups in total. The Kier molecular flexibility index (Phi) is 5.91. The number of halogens is 1. The Balaban J connectivity index is 1.81. The highest BCUT2D eigenvalue weighted by Gasteiger charge is 2.17. The van der Waals surface area contributed by atoms with Crippen LogP contribution < -0.4 is 5.32 Å². The average Bonchev–Trinajstić information content (AvgIpc) is 2.89. The predicted octanol–water partition coefficient (Wildman–Crippen LogP) is 5.55. The molecule has 7 heteroatoms. The highest BCUT2D eigenvalue weighted by atomic mass is 79.9. The minimum Gasteiger partial charge on any atom is -0.493 e. The Morgan fingerprint density at radius 1 is 1.26 bits per heavy atom. The Morgan fingerprint density at radius 2 is 2.07 bits per heavy atom. The van der Waals surface area contributed by atoms with Crippen LogP contribution in [0.4, 0.5) is 11.4 Å². The molecular formula is C20H21BrN4O2. The fourth-order valence-corrected chi connectivity index (χ4v) is 3.28. The molecule has 6 nitrogen and oxygen atoms in total. The van der Waals surface area contributed by atoms with Gasteiger partial charge in [-0.3, -0.25) is 4.79 Å². The molecule has 0 aliphatic carbocycles. The number of benzene rings is 2. The van der Waals surface area contributed by atoms with Crippen molar-refractivity contribution < 1.29 is 9.90 Å². The lowest BCUT2D eigenvalue weighted by Crippen LogP contribution is -2.10. The summed E-state index contributed by atoms with van der Waals surface area (Å²) in [4.78, 5) is 12.1. The number of carbonyl (C=O) groups is 1. The zero-order valence-corrected chi connectivity index (χ0v) is 16.8. The third-order valence-corrected chi connectivity index (χ3v) is 4.64. The number of carbonyl (C=O) groups excluding carboxylic acids is 1. The summed E-state index contributed by atoms with van der Waals surface area (Å²) in [6.07, 6.45) is 0.864. The number of azo groups is 1. The molecule has 0 radical (unpaired) electrons. The first-order valence-corrected chi connectivity index (χ1v) is 9.54. The van der Waals surface area contributed by atoms with Crippen molar-refractivity contribution >= 4 is 44.1 Å². The van der Waals surface area contributed by atoms with Crippen LogP contribution in [0.3, 0.4) is 0 Å². The van der Waals surface area contributed by atoms with Crippen molar-refractivity contribution in [2.75, 3.05) is 11.9 Å². The second kappa shape index (κ2) is 8.35. The SMILES string of the molecule is CCCn1c(O)c(N=NC(=O)CNc2cccc(C)c2)c2cc(Br)ccc21. The van der Waals surface area contributed by atoms with Crippen molar-refractivity contribution in [3.63, 3.8) is 0 Å². The second-order valence-electron chi connectivity index (χ2n) is 6.30. The van der Waals surface area contributed by atoms with E-state index in [2.05, 4.69) is 31.5 Å². The first-order chi connectivity index (χ1) is 13.0. The van der Waals surface area contributed by atoms with E-state index >= 15 is 0 Å². The molecule has 0 unspecified atom stereocenters. The molecule has 0 bridgehead atoms. The van der Waals surface area contributed by atoms with E-state index in [1.54, 1.807) is 4.57 Å². The molecule has 140 valence electrons. The van der Waals surface area contributed by atoms with Gasteiger partial charge in [-0.2, -0.15) is 0 Å². The first kappa shape index (κ1) is 19.1. The van der Waals surface area contributed by atoms with E-state index < -0.39 is 5.91 Å². The molecule has 2 aromatic carbocycles. The van der Waals surface area contributed by atoms with Gasteiger partial charge < -0.3 is 15.0 Å². The Hall–Kier alpha value is -2.67. The molecule has 3 aromatic rings. The number of fused-ring (bicyclic) bond motifs is 1. The van der Waals surface area contributed by atoms with Crippen LogP contribution in [-0.2, 0) is 11.3 Å². The lowest BCUT2D eigenvalue weighted by atomic mass is 10.2. The Bertz CT molecular complexity index is 1010. The van der Waals surface area contributed by atoms with E-state index in [9.17, 15) is 9.90 Å². The van der Waals surface area contributed by atoms with Crippen LogP contribution in [0.15, 0.2) is 57.2 Å². The third-order valence-electron chi connectivity index (χ3n) is 4.14. The molecule has 0 spiro atoms. The third kappa shape index (κ3) is 4.36. The van der Waals surface area contributed by atoms with E-state index in [4.69, 9.17) is 0 Å². The number of nitrogens with zero attached hydrogens (tertiary/aromatic N) is 3. The van der Waals surface area contributed by atoms with Gasteiger partial charge in [-0.25, -0.2) is 0 Å². The zero-order chi connectivity index (χ0) is 19.4. The maximum Gasteiger partial charge on any atom is 0.283 e. The number of rotatable bonds is 6.